The Labute approximate surface area is 184 Å². The lowest BCUT2D eigenvalue weighted by atomic mass is 9.74. The molecule has 1 heterocycles. The normalized spacial score (nSPS) is 15.2. The fraction of sp³-hybridized carbons (Fsp3) is 0.296. The molecule has 0 aromatic heterocycles. The van der Waals surface area contributed by atoms with Crippen LogP contribution >= 0.6 is 0 Å². The Kier molecular flexibility index (Phi) is 6.66. The number of nitriles is 1. The summed E-state index contributed by atoms with van der Waals surface area (Å²) in [5.41, 5.74) is 5.25. The molecule has 1 saturated heterocycles. The summed E-state index contributed by atoms with van der Waals surface area (Å²) >= 11 is 0. The van der Waals surface area contributed by atoms with Gasteiger partial charge < -0.3 is 14.8 Å². The zero-order valence-electron chi connectivity index (χ0n) is 17.9. The van der Waals surface area contributed by atoms with Crippen molar-refractivity contribution in [1.29, 1.82) is 5.26 Å². The van der Waals surface area contributed by atoms with Crippen molar-refractivity contribution in [3.63, 3.8) is 0 Å². The van der Waals surface area contributed by atoms with Gasteiger partial charge in [0, 0.05) is 11.0 Å². The second-order valence-corrected chi connectivity index (χ2v) is 8.10. The molecule has 0 amide bonds. The number of hydrogen-bond acceptors (Lipinski definition) is 4. The van der Waals surface area contributed by atoms with E-state index in [9.17, 15) is 0 Å². The van der Waals surface area contributed by atoms with Crippen LogP contribution in [0.5, 0.6) is 5.75 Å². The molecule has 1 N–H and O–H groups in total. The minimum atomic E-state index is 0.0461. The van der Waals surface area contributed by atoms with Crippen molar-refractivity contribution in [3.8, 4) is 22.9 Å². The van der Waals surface area contributed by atoms with E-state index in [-0.39, 0.29) is 5.41 Å². The summed E-state index contributed by atoms with van der Waals surface area (Å²) < 4.78 is 11.9. The first-order valence-electron chi connectivity index (χ1n) is 10.8. The molecule has 3 aromatic carbocycles. The van der Waals surface area contributed by atoms with Crippen LogP contribution in [-0.2, 0) is 16.8 Å². The van der Waals surface area contributed by atoms with Crippen LogP contribution in [0.25, 0.3) is 11.1 Å². The molecule has 0 radical (unpaired) electrons. The summed E-state index contributed by atoms with van der Waals surface area (Å²) in [4.78, 5) is 0. The lowest BCUT2D eigenvalue weighted by Gasteiger charge is -2.38. The highest BCUT2D eigenvalue weighted by Gasteiger charge is 2.34. The molecule has 4 nitrogen and oxygen atoms in total. The van der Waals surface area contributed by atoms with Crippen LogP contribution in [0.4, 0.5) is 0 Å². The number of ether oxygens (including phenoxy) is 2. The Morgan fingerprint density at radius 3 is 2.32 bits per heavy atom. The molecular weight excluding hydrogens is 384 g/mol. The summed E-state index contributed by atoms with van der Waals surface area (Å²) in [6, 6.07) is 26.7. The quantitative estimate of drug-likeness (QED) is 0.589. The Hall–Kier alpha value is -3.13. The van der Waals surface area contributed by atoms with E-state index in [1.165, 1.54) is 5.56 Å². The van der Waals surface area contributed by atoms with E-state index in [0.717, 1.165) is 48.4 Å². The van der Waals surface area contributed by atoms with E-state index < -0.39 is 0 Å². The van der Waals surface area contributed by atoms with Crippen LogP contribution in [0.3, 0.4) is 0 Å². The van der Waals surface area contributed by atoms with Crippen molar-refractivity contribution in [2.24, 2.45) is 0 Å². The fourth-order valence-corrected chi connectivity index (χ4v) is 4.38. The van der Waals surface area contributed by atoms with Crippen molar-refractivity contribution in [1.82, 2.24) is 5.32 Å². The summed E-state index contributed by atoms with van der Waals surface area (Å²) in [6.45, 7) is 3.20. The molecule has 1 aliphatic heterocycles. The predicted molar refractivity (Wildman–Crippen MR) is 123 cm³/mol. The average Bonchev–Trinajstić information content (AvgIpc) is 2.85. The first-order valence-corrected chi connectivity index (χ1v) is 10.8. The molecule has 0 aliphatic carbocycles. The summed E-state index contributed by atoms with van der Waals surface area (Å²) in [5.74, 6) is 0.830. The average molecular weight is 413 g/mol. The van der Waals surface area contributed by atoms with Gasteiger partial charge in [-0.25, -0.2) is 0 Å². The molecular formula is C27H28N2O2. The van der Waals surface area contributed by atoms with Gasteiger partial charge >= 0.3 is 0 Å². The van der Waals surface area contributed by atoms with Gasteiger partial charge in [-0.05, 0) is 66.9 Å². The molecule has 3 aromatic rings. The third kappa shape index (κ3) is 4.80. The molecule has 1 fully saturated rings. The van der Waals surface area contributed by atoms with Crippen LogP contribution in [0.2, 0.25) is 0 Å². The van der Waals surface area contributed by atoms with Crippen molar-refractivity contribution in [3.05, 3.63) is 89.5 Å². The first-order chi connectivity index (χ1) is 15.2. The van der Waals surface area contributed by atoms with Gasteiger partial charge in [-0.15, -0.1) is 0 Å². The molecule has 0 bridgehead atoms. The highest BCUT2D eigenvalue weighted by atomic mass is 16.5. The van der Waals surface area contributed by atoms with Crippen LogP contribution < -0.4 is 10.1 Å². The van der Waals surface area contributed by atoms with Gasteiger partial charge in [0.15, 0.2) is 0 Å². The summed E-state index contributed by atoms with van der Waals surface area (Å²) in [6.07, 6.45) is 2.14. The van der Waals surface area contributed by atoms with Crippen LogP contribution in [0, 0.1) is 11.3 Å². The first kappa shape index (κ1) is 21.1. The number of hydrogen-bond donors (Lipinski definition) is 1. The van der Waals surface area contributed by atoms with Gasteiger partial charge in [0.2, 0.25) is 0 Å². The Morgan fingerprint density at radius 1 is 0.935 bits per heavy atom. The number of piperidine rings is 1. The molecule has 0 unspecified atom stereocenters. The van der Waals surface area contributed by atoms with E-state index in [2.05, 4.69) is 47.8 Å². The number of benzene rings is 3. The lowest BCUT2D eigenvalue weighted by molar-refractivity contribution is 0.0555. The van der Waals surface area contributed by atoms with Crippen molar-refractivity contribution in [2.75, 3.05) is 26.8 Å². The Morgan fingerprint density at radius 2 is 1.65 bits per heavy atom. The Bertz CT molecular complexity index is 1030. The number of nitrogens with one attached hydrogen (secondary N) is 1. The van der Waals surface area contributed by atoms with Crippen molar-refractivity contribution < 1.29 is 9.47 Å². The topological polar surface area (TPSA) is 54.3 Å². The smallest absolute Gasteiger partial charge is 0.124 e. The van der Waals surface area contributed by atoms with E-state index >= 15 is 0 Å². The van der Waals surface area contributed by atoms with Gasteiger partial charge in [-0.2, -0.15) is 5.26 Å². The molecule has 158 valence electrons. The SMILES string of the molecule is COc1ccc(-c2ccc(C#N)cc2)cc1COCC1(c2ccccc2)CCNCC1. The molecule has 31 heavy (non-hydrogen) atoms. The molecule has 4 rings (SSSR count). The highest BCUT2D eigenvalue weighted by molar-refractivity contribution is 5.66. The highest BCUT2D eigenvalue weighted by Crippen LogP contribution is 2.35. The van der Waals surface area contributed by atoms with Gasteiger partial charge in [0.25, 0.3) is 0 Å². The monoisotopic (exact) mass is 412 g/mol. The van der Waals surface area contributed by atoms with E-state index in [4.69, 9.17) is 14.7 Å². The maximum atomic E-state index is 9.03. The Balaban J connectivity index is 1.52. The maximum Gasteiger partial charge on any atom is 0.124 e. The molecule has 0 atom stereocenters. The van der Waals surface area contributed by atoms with Gasteiger partial charge in [-0.3, -0.25) is 0 Å². The largest absolute Gasteiger partial charge is 0.496 e. The fourth-order valence-electron chi connectivity index (χ4n) is 4.38. The van der Waals surface area contributed by atoms with Gasteiger partial charge in [-0.1, -0.05) is 48.5 Å². The van der Waals surface area contributed by atoms with Crippen LogP contribution in [0.15, 0.2) is 72.8 Å². The van der Waals surface area contributed by atoms with Crippen LogP contribution in [-0.4, -0.2) is 26.8 Å². The summed E-state index contributed by atoms with van der Waals surface area (Å²) in [5, 5.41) is 12.5. The zero-order valence-corrected chi connectivity index (χ0v) is 17.9. The van der Waals surface area contributed by atoms with Gasteiger partial charge in [0.1, 0.15) is 5.75 Å². The lowest BCUT2D eigenvalue weighted by Crippen LogP contribution is -2.43. The van der Waals surface area contributed by atoms with Crippen molar-refractivity contribution in [2.45, 2.75) is 24.9 Å². The number of nitrogens with zero attached hydrogens (tertiary/aromatic N) is 1. The molecule has 1 aliphatic rings. The minimum absolute atomic E-state index is 0.0461. The number of methoxy groups -OCH3 is 1. The van der Waals surface area contributed by atoms with E-state index in [0.29, 0.717) is 18.8 Å². The maximum absolute atomic E-state index is 9.03. The summed E-state index contributed by atoms with van der Waals surface area (Å²) in [7, 11) is 1.69. The minimum Gasteiger partial charge on any atom is -0.496 e. The number of rotatable bonds is 7. The van der Waals surface area contributed by atoms with Gasteiger partial charge in [0.05, 0.1) is 32.0 Å². The molecule has 0 spiro atoms. The molecule has 0 saturated carbocycles. The molecule has 4 heteroatoms. The zero-order chi connectivity index (χ0) is 21.5. The van der Waals surface area contributed by atoms with E-state index in [1.54, 1.807) is 7.11 Å². The standard InChI is InChI=1S/C27H28N2O2/c1-30-26-12-11-23(22-9-7-21(18-28)8-10-22)17-24(26)19-31-20-27(13-15-29-16-14-27)25-5-3-2-4-6-25/h2-12,17,29H,13-16,19-20H2,1H3. The van der Waals surface area contributed by atoms with E-state index in [1.807, 2.05) is 36.4 Å². The second-order valence-electron chi connectivity index (χ2n) is 8.10. The second kappa shape index (κ2) is 9.78. The van der Waals surface area contributed by atoms with Crippen LogP contribution in [0.1, 0.15) is 29.5 Å². The third-order valence-electron chi connectivity index (χ3n) is 6.21. The third-order valence-corrected chi connectivity index (χ3v) is 6.21. The predicted octanol–water partition coefficient (Wildman–Crippen LogP) is 5.07. The van der Waals surface area contributed by atoms with Crippen molar-refractivity contribution >= 4 is 0 Å².